The van der Waals surface area contributed by atoms with E-state index >= 15 is 0 Å². The van der Waals surface area contributed by atoms with Crippen molar-refractivity contribution in [3.8, 4) is 11.5 Å². The Labute approximate surface area is 98.0 Å². The molecule has 0 bridgehead atoms. The maximum Gasteiger partial charge on any atom is 0.389 e. The molecule has 4 heteroatoms. The van der Waals surface area contributed by atoms with Crippen LogP contribution in [0.3, 0.4) is 0 Å². The predicted octanol–water partition coefficient (Wildman–Crippen LogP) is 2.70. The lowest BCUT2D eigenvalue weighted by Crippen LogP contribution is -2.34. The molecule has 0 saturated heterocycles. The normalized spacial score (nSPS) is 11.7. The standard InChI is InChI=1S/C12H20O3Si/c1-7-9(3)12(15-16(5,6)14)10(4)8(2)11(7)13/h13-14H,1-6H3. The molecule has 0 amide bonds. The molecule has 3 nitrogen and oxygen atoms in total. The Morgan fingerprint density at radius 1 is 0.875 bits per heavy atom. The van der Waals surface area contributed by atoms with Crippen LogP contribution < -0.4 is 4.43 Å². The minimum absolute atomic E-state index is 0.319. The van der Waals surface area contributed by atoms with Crippen molar-refractivity contribution >= 4 is 8.56 Å². The molecule has 0 aliphatic rings. The van der Waals surface area contributed by atoms with Crippen LogP contribution in [0.1, 0.15) is 22.3 Å². The zero-order valence-corrected chi connectivity index (χ0v) is 11.8. The second-order valence-electron chi connectivity index (χ2n) is 4.73. The van der Waals surface area contributed by atoms with Crippen LogP contribution in [0.2, 0.25) is 13.1 Å². The summed E-state index contributed by atoms with van der Waals surface area (Å²) in [5.41, 5.74) is 3.43. The average Bonchev–Trinajstić information content (AvgIpc) is 2.17. The van der Waals surface area contributed by atoms with Crippen LogP contribution in [0.15, 0.2) is 0 Å². The highest BCUT2D eigenvalue weighted by Crippen LogP contribution is 2.37. The highest BCUT2D eigenvalue weighted by atomic mass is 28.4. The van der Waals surface area contributed by atoms with Gasteiger partial charge < -0.3 is 14.3 Å². The summed E-state index contributed by atoms with van der Waals surface area (Å²) in [4.78, 5) is 9.83. The van der Waals surface area contributed by atoms with E-state index < -0.39 is 8.56 Å². The molecule has 2 N–H and O–H groups in total. The Kier molecular flexibility index (Phi) is 3.35. The first-order valence-corrected chi connectivity index (χ1v) is 8.21. The lowest BCUT2D eigenvalue weighted by atomic mass is 9.99. The van der Waals surface area contributed by atoms with Gasteiger partial charge in [0.05, 0.1) is 0 Å². The Morgan fingerprint density at radius 2 is 1.25 bits per heavy atom. The third kappa shape index (κ3) is 2.39. The molecule has 0 radical (unpaired) electrons. The van der Waals surface area contributed by atoms with Gasteiger partial charge in [-0.1, -0.05) is 0 Å². The molecule has 0 heterocycles. The van der Waals surface area contributed by atoms with E-state index in [1.807, 2.05) is 27.7 Å². The monoisotopic (exact) mass is 240 g/mol. The molecular weight excluding hydrogens is 220 g/mol. The fraction of sp³-hybridized carbons (Fsp3) is 0.500. The van der Waals surface area contributed by atoms with Crippen LogP contribution in [0, 0.1) is 27.7 Å². The number of phenolic OH excluding ortho intramolecular Hbond substituents is 1. The van der Waals surface area contributed by atoms with Crippen LogP contribution in [0.4, 0.5) is 0 Å². The SMILES string of the molecule is Cc1c(C)c(O[Si](C)(C)O)c(C)c(C)c1O. The molecule has 1 aromatic carbocycles. The fourth-order valence-corrected chi connectivity index (χ4v) is 2.47. The van der Waals surface area contributed by atoms with Gasteiger partial charge >= 0.3 is 8.56 Å². The molecule has 0 aliphatic heterocycles. The van der Waals surface area contributed by atoms with Gasteiger partial charge in [0, 0.05) is 0 Å². The van der Waals surface area contributed by atoms with Gasteiger partial charge in [-0.2, -0.15) is 0 Å². The minimum atomic E-state index is -2.61. The van der Waals surface area contributed by atoms with Gasteiger partial charge in [-0.3, -0.25) is 0 Å². The maximum absolute atomic E-state index is 9.88. The quantitative estimate of drug-likeness (QED) is 0.781. The average molecular weight is 240 g/mol. The second kappa shape index (κ2) is 4.11. The number of benzene rings is 1. The van der Waals surface area contributed by atoms with E-state index in [1.54, 1.807) is 13.1 Å². The van der Waals surface area contributed by atoms with Crippen LogP contribution >= 0.6 is 0 Å². The number of hydrogen-bond acceptors (Lipinski definition) is 3. The number of aromatic hydroxyl groups is 1. The van der Waals surface area contributed by atoms with Gasteiger partial charge in [-0.05, 0) is 63.0 Å². The third-order valence-corrected chi connectivity index (χ3v) is 3.57. The molecule has 0 saturated carbocycles. The van der Waals surface area contributed by atoms with Gasteiger partial charge in [0.2, 0.25) is 0 Å². The van der Waals surface area contributed by atoms with Crippen LogP contribution in [0.5, 0.6) is 11.5 Å². The summed E-state index contributed by atoms with van der Waals surface area (Å²) in [6.45, 7) is 11.0. The van der Waals surface area contributed by atoms with Crippen LogP contribution in [-0.4, -0.2) is 18.5 Å². The molecule has 0 fully saturated rings. The van der Waals surface area contributed by atoms with Crippen molar-refractivity contribution in [2.45, 2.75) is 40.8 Å². The Morgan fingerprint density at radius 3 is 1.56 bits per heavy atom. The molecule has 16 heavy (non-hydrogen) atoms. The molecular formula is C12H20O3Si. The van der Waals surface area contributed by atoms with E-state index in [1.165, 1.54) is 0 Å². The summed E-state index contributed by atoms with van der Waals surface area (Å²) < 4.78 is 5.66. The van der Waals surface area contributed by atoms with E-state index in [0.717, 1.165) is 22.3 Å². The topological polar surface area (TPSA) is 49.7 Å². The molecule has 0 aromatic heterocycles. The van der Waals surface area contributed by atoms with Gasteiger partial charge in [0.15, 0.2) is 0 Å². The highest BCUT2D eigenvalue weighted by Gasteiger charge is 2.25. The summed E-state index contributed by atoms with van der Waals surface area (Å²) in [5.74, 6) is 1.03. The Bertz CT molecular complexity index is 390. The number of hydrogen-bond donors (Lipinski definition) is 2. The van der Waals surface area contributed by atoms with E-state index in [4.69, 9.17) is 4.43 Å². The molecule has 0 spiro atoms. The van der Waals surface area contributed by atoms with E-state index in [-0.39, 0.29) is 0 Å². The van der Waals surface area contributed by atoms with Gasteiger partial charge in [-0.25, -0.2) is 0 Å². The molecule has 1 rings (SSSR count). The molecule has 0 aliphatic carbocycles. The van der Waals surface area contributed by atoms with Crippen molar-refractivity contribution in [2.24, 2.45) is 0 Å². The minimum Gasteiger partial charge on any atom is -0.520 e. The van der Waals surface area contributed by atoms with E-state index in [2.05, 4.69) is 0 Å². The second-order valence-corrected chi connectivity index (χ2v) is 7.82. The Hall–Kier alpha value is -1.00. The van der Waals surface area contributed by atoms with Crippen molar-refractivity contribution in [2.75, 3.05) is 0 Å². The highest BCUT2D eigenvalue weighted by molar-refractivity contribution is 6.63. The van der Waals surface area contributed by atoms with Gasteiger partial charge in [0.1, 0.15) is 11.5 Å². The lowest BCUT2D eigenvalue weighted by Gasteiger charge is -2.23. The van der Waals surface area contributed by atoms with Gasteiger partial charge in [0.25, 0.3) is 0 Å². The first-order valence-electron chi connectivity index (χ1n) is 5.36. The summed E-state index contributed by atoms with van der Waals surface area (Å²) in [7, 11) is -2.61. The Balaban J connectivity index is 3.40. The van der Waals surface area contributed by atoms with Crippen molar-refractivity contribution in [3.63, 3.8) is 0 Å². The first-order chi connectivity index (χ1) is 7.15. The summed E-state index contributed by atoms with van der Waals surface area (Å²) >= 11 is 0. The van der Waals surface area contributed by atoms with Crippen molar-refractivity contribution in [1.29, 1.82) is 0 Å². The lowest BCUT2D eigenvalue weighted by molar-refractivity contribution is 0.385. The largest absolute Gasteiger partial charge is 0.520 e. The fourth-order valence-electron chi connectivity index (χ4n) is 1.66. The van der Waals surface area contributed by atoms with Crippen molar-refractivity contribution < 1.29 is 14.3 Å². The first kappa shape index (κ1) is 13.1. The third-order valence-electron chi connectivity index (χ3n) is 2.87. The smallest absolute Gasteiger partial charge is 0.389 e. The summed E-state index contributed by atoms with van der Waals surface area (Å²) in [5, 5.41) is 9.88. The summed E-state index contributed by atoms with van der Waals surface area (Å²) in [6, 6.07) is 0. The molecule has 0 atom stereocenters. The zero-order chi connectivity index (χ0) is 12.7. The molecule has 1 aromatic rings. The molecule has 0 unspecified atom stereocenters. The maximum atomic E-state index is 9.88. The van der Waals surface area contributed by atoms with Crippen molar-refractivity contribution in [3.05, 3.63) is 22.3 Å². The number of rotatable bonds is 2. The predicted molar refractivity (Wildman–Crippen MR) is 67.4 cm³/mol. The molecule has 90 valence electrons. The van der Waals surface area contributed by atoms with Crippen molar-refractivity contribution in [1.82, 2.24) is 0 Å². The van der Waals surface area contributed by atoms with Crippen LogP contribution in [-0.2, 0) is 0 Å². The zero-order valence-electron chi connectivity index (χ0n) is 10.8. The van der Waals surface area contributed by atoms with E-state index in [9.17, 15) is 9.90 Å². The summed E-state index contributed by atoms with van der Waals surface area (Å²) in [6.07, 6.45) is 0. The van der Waals surface area contributed by atoms with Crippen LogP contribution in [0.25, 0.3) is 0 Å². The number of phenols is 1. The van der Waals surface area contributed by atoms with E-state index in [0.29, 0.717) is 11.5 Å². The van der Waals surface area contributed by atoms with Gasteiger partial charge in [-0.15, -0.1) is 0 Å².